The Kier molecular flexibility index (Phi) is 9.95. The van der Waals surface area contributed by atoms with Crippen molar-refractivity contribution in [3.63, 3.8) is 0 Å². The Morgan fingerprint density at radius 2 is 1.67 bits per heavy atom. The molecule has 27 heavy (non-hydrogen) atoms. The minimum Gasteiger partial charge on any atom is -0.480 e. The lowest BCUT2D eigenvalue weighted by atomic mass is 9.97. The summed E-state index contributed by atoms with van der Waals surface area (Å²) >= 11 is 0. The summed E-state index contributed by atoms with van der Waals surface area (Å²) in [4.78, 5) is 49.8. The van der Waals surface area contributed by atoms with Crippen LogP contribution in [0, 0.1) is 0 Å². The van der Waals surface area contributed by atoms with Crippen molar-refractivity contribution in [2.75, 3.05) is 27.3 Å². The number of carboxylic acid groups (broad SMARTS) is 1. The Morgan fingerprint density at radius 1 is 1.11 bits per heavy atom. The Labute approximate surface area is 159 Å². The first-order valence-corrected chi connectivity index (χ1v) is 8.65. The number of nitrogens with zero attached hydrogens (tertiary/aromatic N) is 2. The third-order valence-electron chi connectivity index (χ3n) is 3.95. The van der Waals surface area contributed by atoms with E-state index in [4.69, 9.17) is 15.6 Å². The van der Waals surface area contributed by atoms with Gasteiger partial charge in [0.25, 0.3) is 0 Å². The van der Waals surface area contributed by atoms with E-state index in [-0.39, 0.29) is 25.4 Å². The average molecular weight is 389 g/mol. The number of carbonyl (C=O) groups excluding carboxylic acids is 3. The number of carbonyl (C=O) groups is 4. The highest BCUT2D eigenvalue weighted by Gasteiger charge is 2.36. The number of rotatable bonds is 12. The second-order valence-electron chi connectivity index (χ2n) is 7.06. The number of likely N-dealkylation sites (N-methyl/N-ethyl adjacent to an activating group) is 2. The van der Waals surface area contributed by atoms with Crippen molar-refractivity contribution in [1.82, 2.24) is 9.80 Å². The molecule has 0 aliphatic heterocycles. The first-order valence-electron chi connectivity index (χ1n) is 8.65. The average Bonchev–Trinajstić information content (AvgIpc) is 2.53. The molecule has 0 aromatic heterocycles. The van der Waals surface area contributed by atoms with Gasteiger partial charge in [0.15, 0.2) is 0 Å². The van der Waals surface area contributed by atoms with E-state index in [9.17, 15) is 24.3 Å². The van der Waals surface area contributed by atoms with Gasteiger partial charge in [-0.2, -0.15) is 0 Å². The Hall–Kier alpha value is -2.20. The Balaban J connectivity index is 5.51. The number of nitrogens with two attached hydrogens (primary N) is 1. The lowest BCUT2D eigenvalue weighted by molar-refractivity contribution is -0.152. The molecular weight excluding hydrogens is 358 g/mol. The molecule has 0 bridgehead atoms. The van der Waals surface area contributed by atoms with E-state index in [1.54, 1.807) is 0 Å². The van der Waals surface area contributed by atoms with Gasteiger partial charge >= 0.3 is 5.97 Å². The lowest BCUT2D eigenvalue weighted by Gasteiger charge is -2.35. The molecule has 3 amide bonds. The van der Waals surface area contributed by atoms with Crippen molar-refractivity contribution in [1.29, 1.82) is 0 Å². The normalized spacial score (nSPS) is 13.6. The predicted molar refractivity (Wildman–Crippen MR) is 96.6 cm³/mol. The fraction of sp³-hybridized carbons (Fsp3) is 0.765. The van der Waals surface area contributed by atoms with Gasteiger partial charge in [0.05, 0.1) is 12.2 Å². The molecule has 2 atom stereocenters. The highest BCUT2D eigenvalue weighted by atomic mass is 16.5. The third kappa shape index (κ3) is 8.83. The van der Waals surface area contributed by atoms with E-state index in [1.807, 2.05) is 6.92 Å². The number of aliphatic hydroxyl groups is 1. The van der Waals surface area contributed by atoms with Crippen LogP contribution < -0.4 is 5.73 Å². The summed E-state index contributed by atoms with van der Waals surface area (Å²) in [7, 11) is 2.75. The molecule has 10 nitrogen and oxygen atoms in total. The minimum absolute atomic E-state index is 0.0973. The van der Waals surface area contributed by atoms with Gasteiger partial charge < -0.3 is 30.5 Å². The number of hydrogen-bond donors (Lipinski definition) is 3. The summed E-state index contributed by atoms with van der Waals surface area (Å²) in [5, 5.41) is 18.7. The summed E-state index contributed by atoms with van der Waals surface area (Å²) in [6, 6.07) is -2.23. The maximum absolute atomic E-state index is 12.9. The van der Waals surface area contributed by atoms with Crippen molar-refractivity contribution < 1.29 is 34.1 Å². The molecule has 0 fully saturated rings. The molecule has 0 aliphatic rings. The first kappa shape index (κ1) is 24.8. The summed E-state index contributed by atoms with van der Waals surface area (Å²) in [5.41, 5.74) is 4.12. The molecule has 4 N–H and O–H groups in total. The first-order chi connectivity index (χ1) is 12.3. The number of amides is 3. The molecule has 0 rings (SSSR count). The topological polar surface area (TPSA) is 150 Å². The van der Waals surface area contributed by atoms with E-state index in [1.165, 1.54) is 32.8 Å². The standard InChI is InChI=1S/C17H31N3O7/c1-6-7-13(21)19(4)12(9-27-10-14(22)23)16(25)20(5)11(15(18)24)8-17(2,3)26/h11-12,26H,6-10H2,1-5H3,(H2,18,24)(H,22,23)/t11-,12+/m0/s1. The van der Waals surface area contributed by atoms with Crippen LogP contribution in [-0.4, -0.2) is 88.7 Å². The summed E-state index contributed by atoms with van der Waals surface area (Å²) in [6.45, 7) is 3.78. The number of aliphatic carboxylic acids is 1. The molecular formula is C17H31N3O7. The smallest absolute Gasteiger partial charge is 0.329 e. The molecule has 0 saturated carbocycles. The van der Waals surface area contributed by atoms with Gasteiger partial charge in [-0.25, -0.2) is 4.79 Å². The highest BCUT2D eigenvalue weighted by molar-refractivity contribution is 5.91. The van der Waals surface area contributed by atoms with Gasteiger partial charge in [-0.1, -0.05) is 6.92 Å². The number of carboxylic acids is 1. The molecule has 0 saturated heterocycles. The maximum atomic E-state index is 12.9. The number of hydrogen-bond acceptors (Lipinski definition) is 6. The van der Waals surface area contributed by atoms with Crippen LogP contribution in [0.4, 0.5) is 0 Å². The fourth-order valence-corrected chi connectivity index (χ4v) is 2.46. The number of primary amides is 1. The molecule has 0 aromatic rings. The molecule has 0 aliphatic carbocycles. The quantitative estimate of drug-likeness (QED) is 0.395. The van der Waals surface area contributed by atoms with Crippen LogP contribution in [0.3, 0.4) is 0 Å². The van der Waals surface area contributed by atoms with Crippen LogP contribution in [-0.2, 0) is 23.9 Å². The second kappa shape index (κ2) is 10.8. The van der Waals surface area contributed by atoms with E-state index in [0.29, 0.717) is 6.42 Å². The van der Waals surface area contributed by atoms with Crippen molar-refractivity contribution in [3.8, 4) is 0 Å². The summed E-state index contributed by atoms with van der Waals surface area (Å²) in [5.74, 6) is -2.98. The van der Waals surface area contributed by atoms with Gasteiger partial charge in [-0.05, 0) is 20.3 Å². The van der Waals surface area contributed by atoms with Crippen molar-refractivity contribution >= 4 is 23.7 Å². The third-order valence-corrected chi connectivity index (χ3v) is 3.95. The van der Waals surface area contributed by atoms with Crippen LogP contribution in [0.2, 0.25) is 0 Å². The summed E-state index contributed by atoms with van der Waals surface area (Å²) < 4.78 is 5.01. The van der Waals surface area contributed by atoms with Crippen LogP contribution in [0.1, 0.15) is 40.0 Å². The largest absolute Gasteiger partial charge is 0.480 e. The van der Waals surface area contributed by atoms with Crippen molar-refractivity contribution in [2.45, 2.75) is 57.7 Å². The van der Waals surface area contributed by atoms with Gasteiger partial charge in [-0.15, -0.1) is 0 Å². The molecule has 0 unspecified atom stereocenters. The zero-order chi connectivity index (χ0) is 21.4. The van der Waals surface area contributed by atoms with Crippen LogP contribution in [0.25, 0.3) is 0 Å². The lowest BCUT2D eigenvalue weighted by Crippen LogP contribution is -2.56. The fourth-order valence-electron chi connectivity index (χ4n) is 2.46. The molecule has 0 spiro atoms. The zero-order valence-corrected chi connectivity index (χ0v) is 16.6. The van der Waals surface area contributed by atoms with Gasteiger partial charge in [0.1, 0.15) is 18.7 Å². The monoisotopic (exact) mass is 389 g/mol. The maximum Gasteiger partial charge on any atom is 0.329 e. The molecule has 10 heteroatoms. The van der Waals surface area contributed by atoms with Crippen molar-refractivity contribution in [3.05, 3.63) is 0 Å². The Bertz CT molecular complexity index is 545. The summed E-state index contributed by atoms with van der Waals surface area (Å²) in [6.07, 6.45) is 0.671. The van der Waals surface area contributed by atoms with Gasteiger partial charge in [-0.3, -0.25) is 14.4 Å². The van der Waals surface area contributed by atoms with Crippen LogP contribution in [0.15, 0.2) is 0 Å². The minimum atomic E-state index is -1.26. The van der Waals surface area contributed by atoms with E-state index in [2.05, 4.69) is 0 Å². The van der Waals surface area contributed by atoms with Crippen LogP contribution in [0.5, 0.6) is 0 Å². The van der Waals surface area contributed by atoms with Crippen molar-refractivity contribution in [2.24, 2.45) is 5.73 Å². The SMILES string of the molecule is CCCC(=O)N(C)[C@H](COCC(=O)O)C(=O)N(C)[C@@H](CC(C)(C)O)C(N)=O. The van der Waals surface area contributed by atoms with E-state index < -0.39 is 42.1 Å². The second-order valence-corrected chi connectivity index (χ2v) is 7.06. The van der Waals surface area contributed by atoms with Gasteiger partial charge in [0, 0.05) is 26.9 Å². The molecule has 0 heterocycles. The predicted octanol–water partition coefficient (Wildman–Crippen LogP) is -0.812. The van der Waals surface area contributed by atoms with Gasteiger partial charge in [0.2, 0.25) is 17.7 Å². The van der Waals surface area contributed by atoms with E-state index in [0.717, 1.165) is 4.90 Å². The molecule has 0 aromatic carbocycles. The highest BCUT2D eigenvalue weighted by Crippen LogP contribution is 2.17. The Morgan fingerprint density at radius 3 is 2.07 bits per heavy atom. The zero-order valence-electron chi connectivity index (χ0n) is 16.6. The molecule has 0 radical (unpaired) electrons. The van der Waals surface area contributed by atoms with E-state index >= 15 is 0 Å². The number of ether oxygens (including phenoxy) is 1. The molecule has 156 valence electrons. The van der Waals surface area contributed by atoms with Crippen LogP contribution >= 0.6 is 0 Å².